The van der Waals surface area contributed by atoms with E-state index in [9.17, 15) is 9.59 Å². The first-order valence-electron chi connectivity index (χ1n) is 11.9. The Kier molecular flexibility index (Phi) is 5.73. The number of nitrogens with one attached hydrogen (secondary N) is 1. The smallest absolute Gasteiger partial charge is 0.276 e. The molecule has 5 rings (SSSR count). The van der Waals surface area contributed by atoms with Crippen molar-refractivity contribution in [1.29, 1.82) is 0 Å². The zero-order chi connectivity index (χ0) is 23.2. The predicted octanol–water partition coefficient (Wildman–Crippen LogP) is 5.84. The molecule has 2 amide bonds. The van der Waals surface area contributed by atoms with Crippen LogP contribution >= 0.6 is 11.6 Å². The van der Waals surface area contributed by atoms with E-state index in [-0.39, 0.29) is 17.9 Å². The average molecular weight is 468 g/mol. The van der Waals surface area contributed by atoms with Gasteiger partial charge in [-0.1, -0.05) is 49.8 Å². The second-order valence-corrected chi connectivity index (χ2v) is 10.1. The van der Waals surface area contributed by atoms with Crippen LogP contribution in [0.2, 0.25) is 5.02 Å². The van der Waals surface area contributed by atoms with Crippen molar-refractivity contribution in [3.8, 4) is 0 Å². The summed E-state index contributed by atoms with van der Waals surface area (Å²) in [5.74, 6) is -0.356. The summed E-state index contributed by atoms with van der Waals surface area (Å²) >= 11 is 6.33. The van der Waals surface area contributed by atoms with Gasteiger partial charge < -0.3 is 14.3 Å². The lowest BCUT2D eigenvalue weighted by molar-refractivity contribution is -0.127. The summed E-state index contributed by atoms with van der Waals surface area (Å²) in [6.45, 7) is 4.13. The molecule has 6 nitrogen and oxygen atoms in total. The fraction of sp³-hybridized carbons (Fsp3) is 0.462. The van der Waals surface area contributed by atoms with E-state index in [0.29, 0.717) is 28.5 Å². The largest absolute Gasteiger partial charge is 0.463 e. The van der Waals surface area contributed by atoms with E-state index in [0.717, 1.165) is 36.8 Å². The molecule has 1 saturated carbocycles. The third-order valence-electron chi connectivity index (χ3n) is 7.25. The summed E-state index contributed by atoms with van der Waals surface area (Å²) in [7, 11) is 0. The number of amides is 2. The number of anilines is 1. The van der Waals surface area contributed by atoms with Crippen molar-refractivity contribution in [1.82, 2.24) is 9.88 Å². The Bertz CT molecular complexity index is 1200. The number of hydrogen-bond acceptors (Lipinski definition) is 3. The van der Waals surface area contributed by atoms with Crippen LogP contribution in [0.1, 0.15) is 67.9 Å². The van der Waals surface area contributed by atoms with Gasteiger partial charge in [-0.05, 0) is 44.4 Å². The number of benzene rings is 1. The van der Waals surface area contributed by atoms with Gasteiger partial charge in [-0.15, -0.1) is 0 Å². The van der Waals surface area contributed by atoms with Crippen LogP contribution in [0.25, 0.3) is 11.1 Å². The summed E-state index contributed by atoms with van der Waals surface area (Å²) in [6, 6.07) is 9.20. The summed E-state index contributed by atoms with van der Waals surface area (Å²) < 4.78 is 7.48. The highest BCUT2D eigenvalue weighted by Crippen LogP contribution is 2.38. The lowest BCUT2D eigenvalue weighted by atomic mass is 9.91. The Morgan fingerprint density at radius 3 is 2.61 bits per heavy atom. The van der Waals surface area contributed by atoms with Crippen LogP contribution in [0.3, 0.4) is 0 Å². The van der Waals surface area contributed by atoms with Gasteiger partial charge >= 0.3 is 0 Å². The highest BCUT2D eigenvalue weighted by atomic mass is 35.5. The van der Waals surface area contributed by atoms with Gasteiger partial charge in [0.2, 0.25) is 5.91 Å². The average Bonchev–Trinajstić information content (AvgIpc) is 3.35. The molecular weight excluding hydrogens is 438 g/mol. The second kappa shape index (κ2) is 8.56. The lowest BCUT2D eigenvalue weighted by Gasteiger charge is -2.45. The van der Waals surface area contributed by atoms with Crippen molar-refractivity contribution in [2.75, 3.05) is 4.90 Å². The van der Waals surface area contributed by atoms with Gasteiger partial charge in [0.25, 0.3) is 5.91 Å². The number of rotatable bonds is 3. The molecule has 7 heteroatoms. The van der Waals surface area contributed by atoms with Crippen molar-refractivity contribution in [3.05, 3.63) is 52.9 Å². The highest BCUT2D eigenvalue weighted by molar-refractivity contribution is 6.31. The fourth-order valence-electron chi connectivity index (χ4n) is 5.36. The molecular formula is C26H30ClN3O3. The molecule has 1 atom stereocenters. The minimum Gasteiger partial charge on any atom is -0.463 e. The number of nitrogens with zero attached hydrogens (tertiary/aromatic N) is 2. The maximum absolute atomic E-state index is 13.9. The molecule has 0 bridgehead atoms. The SMILES string of the molecule is Cc1ccc(Cl)cc1N1C(=O)c2cc3occc3n2C[C@@]1(C)C(=O)NC1CCCCCCC1. The molecule has 0 spiro atoms. The summed E-state index contributed by atoms with van der Waals surface area (Å²) in [6.07, 6.45) is 9.50. The third-order valence-corrected chi connectivity index (χ3v) is 7.48. The molecule has 2 aliphatic rings. The predicted molar refractivity (Wildman–Crippen MR) is 130 cm³/mol. The third kappa shape index (κ3) is 3.84. The van der Waals surface area contributed by atoms with Crippen LogP contribution < -0.4 is 10.2 Å². The van der Waals surface area contributed by atoms with Gasteiger partial charge in [-0.3, -0.25) is 14.5 Å². The van der Waals surface area contributed by atoms with Gasteiger partial charge in [-0.2, -0.15) is 0 Å². The minimum atomic E-state index is -1.12. The summed E-state index contributed by atoms with van der Waals surface area (Å²) in [4.78, 5) is 29.5. The molecule has 3 heterocycles. The molecule has 0 radical (unpaired) electrons. The number of hydrogen-bond donors (Lipinski definition) is 1. The normalized spacial score (nSPS) is 22.2. The Labute approximate surface area is 198 Å². The Morgan fingerprint density at radius 1 is 1.12 bits per heavy atom. The van der Waals surface area contributed by atoms with E-state index < -0.39 is 5.54 Å². The van der Waals surface area contributed by atoms with E-state index >= 15 is 0 Å². The molecule has 1 fully saturated rings. The molecule has 1 aromatic carbocycles. The lowest BCUT2D eigenvalue weighted by Crippen LogP contribution is -2.65. The molecule has 0 unspecified atom stereocenters. The Morgan fingerprint density at radius 2 is 1.85 bits per heavy atom. The van der Waals surface area contributed by atoms with E-state index in [4.69, 9.17) is 16.0 Å². The zero-order valence-corrected chi connectivity index (χ0v) is 20.0. The summed E-state index contributed by atoms with van der Waals surface area (Å²) in [5.41, 5.74) is 2.41. The number of carbonyl (C=O) groups is 2. The molecule has 1 aliphatic carbocycles. The highest BCUT2D eigenvalue weighted by Gasteiger charge is 2.49. The van der Waals surface area contributed by atoms with E-state index in [2.05, 4.69) is 5.32 Å². The Hall–Kier alpha value is -2.73. The minimum absolute atomic E-state index is 0.128. The van der Waals surface area contributed by atoms with Crippen molar-refractivity contribution >= 4 is 40.2 Å². The van der Waals surface area contributed by atoms with Gasteiger partial charge in [-0.25, -0.2) is 0 Å². The zero-order valence-electron chi connectivity index (χ0n) is 19.2. The van der Waals surface area contributed by atoms with Gasteiger partial charge in [0.05, 0.1) is 18.3 Å². The Balaban J connectivity index is 1.58. The molecule has 1 N–H and O–H groups in total. The van der Waals surface area contributed by atoms with Crippen LogP contribution in [-0.4, -0.2) is 28.0 Å². The van der Waals surface area contributed by atoms with E-state index in [1.165, 1.54) is 19.3 Å². The van der Waals surface area contributed by atoms with Gasteiger partial charge in [0.1, 0.15) is 11.2 Å². The fourth-order valence-corrected chi connectivity index (χ4v) is 5.52. The van der Waals surface area contributed by atoms with Crippen LogP contribution in [0.5, 0.6) is 0 Å². The standard InChI is InChI=1S/C26H30ClN3O3/c1-17-10-11-18(27)14-21(17)30-24(31)22-15-23-20(12-13-33-23)29(22)16-26(30,2)25(32)28-19-8-6-4-3-5-7-9-19/h10-15,19H,3-9,16H2,1-2H3,(H,28,32)/t26-/m0/s1. The van der Waals surface area contributed by atoms with Crippen LogP contribution in [0, 0.1) is 6.92 Å². The maximum atomic E-state index is 13.9. The number of fused-ring (bicyclic) bond motifs is 3. The number of carbonyl (C=O) groups excluding carboxylic acids is 2. The van der Waals surface area contributed by atoms with Gasteiger partial charge in [0.15, 0.2) is 5.58 Å². The quantitative estimate of drug-likeness (QED) is 0.525. The van der Waals surface area contributed by atoms with Crippen molar-refractivity contribution in [2.24, 2.45) is 0 Å². The number of furan rings is 1. The molecule has 1 aliphatic heterocycles. The topological polar surface area (TPSA) is 67.5 Å². The number of aryl methyl sites for hydroxylation is 1. The molecule has 174 valence electrons. The van der Waals surface area contributed by atoms with Crippen LogP contribution in [-0.2, 0) is 11.3 Å². The van der Waals surface area contributed by atoms with Gasteiger partial charge in [0, 0.05) is 28.9 Å². The number of halogens is 1. The molecule has 2 aromatic heterocycles. The van der Waals surface area contributed by atoms with Crippen LogP contribution in [0.4, 0.5) is 5.69 Å². The van der Waals surface area contributed by atoms with Crippen molar-refractivity contribution in [2.45, 2.75) is 76.9 Å². The number of aromatic nitrogens is 1. The second-order valence-electron chi connectivity index (χ2n) is 9.65. The van der Waals surface area contributed by atoms with E-state index in [1.807, 2.05) is 30.5 Å². The van der Waals surface area contributed by atoms with E-state index in [1.54, 1.807) is 29.4 Å². The first-order chi connectivity index (χ1) is 15.9. The monoisotopic (exact) mass is 467 g/mol. The molecule has 33 heavy (non-hydrogen) atoms. The summed E-state index contributed by atoms with van der Waals surface area (Å²) in [5, 5.41) is 3.84. The molecule has 0 saturated heterocycles. The van der Waals surface area contributed by atoms with Crippen LogP contribution in [0.15, 0.2) is 41.0 Å². The maximum Gasteiger partial charge on any atom is 0.276 e. The van der Waals surface area contributed by atoms with Crippen molar-refractivity contribution < 1.29 is 14.0 Å². The first kappa shape index (κ1) is 22.1. The molecule has 3 aromatic rings. The first-order valence-corrected chi connectivity index (χ1v) is 12.2. The van der Waals surface area contributed by atoms with Crippen molar-refractivity contribution in [3.63, 3.8) is 0 Å².